The number of rotatable bonds is 6. The summed E-state index contributed by atoms with van der Waals surface area (Å²) in [5.41, 5.74) is 1.09. The predicted molar refractivity (Wildman–Crippen MR) is 66.9 cm³/mol. The molecule has 0 amide bonds. The van der Waals surface area contributed by atoms with Crippen LogP contribution in [0.2, 0.25) is 0 Å². The topological polar surface area (TPSA) is 34.4 Å². The van der Waals surface area contributed by atoms with Crippen LogP contribution in [0.1, 0.15) is 18.2 Å². The maximum Gasteiger partial charge on any atom is 0.124 e. The van der Waals surface area contributed by atoms with Crippen LogP contribution < -0.4 is 10.1 Å². The number of hydrogen-bond acceptors (Lipinski definition) is 3. The van der Waals surface area contributed by atoms with E-state index in [1.807, 2.05) is 36.4 Å². The van der Waals surface area contributed by atoms with E-state index in [9.17, 15) is 0 Å². The Hall–Kier alpha value is -1.74. The Labute approximate surface area is 101 Å². The molecule has 1 aromatic heterocycles. The van der Waals surface area contributed by atoms with Gasteiger partial charge in [0.25, 0.3) is 0 Å². The molecule has 0 radical (unpaired) electrons. The average molecular weight is 231 g/mol. The van der Waals surface area contributed by atoms with Crippen LogP contribution in [-0.4, -0.2) is 6.54 Å². The number of nitrogens with one attached hydrogen (secondary N) is 1. The summed E-state index contributed by atoms with van der Waals surface area (Å²) in [6.45, 7) is 4.29. The first-order valence-corrected chi connectivity index (χ1v) is 5.84. The zero-order valence-corrected chi connectivity index (χ0v) is 9.98. The Morgan fingerprint density at radius 3 is 2.76 bits per heavy atom. The Morgan fingerprint density at radius 2 is 2.00 bits per heavy atom. The first-order valence-electron chi connectivity index (χ1n) is 5.84. The minimum absolute atomic E-state index is 0.543. The van der Waals surface area contributed by atoms with E-state index in [1.165, 1.54) is 0 Å². The highest BCUT2D eigenvalue weighted by Crippen LogP contribution is 2.15. The van der Waals surface area contributed by atoms with Crippen LogP contribution in [0, 0.1) is 0 Å². The first kappa shape index (κ1) is 11.7. The van der Waals surface area contributed by atoms with Gasteiger partial charge in [-0.05, 0) is 24.7 Å². The fourth-order valence-electron chi connectivity index (χ4n) is 1.57. The lowest BCUT2D eigenvalue weighted by Crippen LogP contribution is -2.12. The van der Waals surface area contributed by atoms with Crippen LogP contribution in [-0.2, 0) is 13.2 Å². The molecule has 0 saturated heterocycles. The lowest BCUT2D eigenvalue weighted by Gasteiger charge is -2.06. The summed E-state index contributed by atoms with van der Waals surface area (Å²) in [6, 6.07) is 11.7. The molecule has 0 aliphatic rings. The zero-order chi connectivity index (χ0) is 11.9. The molecule has 1 heterocycles. The summed E-state index contributed by atoms with van der Waals surface area (Å²) in [7, 11) is 0. The van der Waals surface area contributed by atoms with Crippen molar-refractivity contribution in [3.8, 4) is 5.75 Å². The van der Waals surface area contributed by atoms with E-state index in [-0.39, 0.29) is 0 Å². The first-order chi connectivity index (χ1) is 8.40. The van der Waals surface area contributed by atoms with Crippen molar-refractivity contribution in [2.75, 3.05) is 6.54 Å². The average Bonchev–Trinajstić information content (AvgIpc) is 2.82. The molecule has 0 spiro atoms. The largest absolute Gasteiger partial charge is 0.489 e. The van der Waals surface area contributed by atoms with Gasteiger partial charge < -0.3 is 14.5 Å². The van der Waals surface area contributed by atoms with Crippen molar-refractivity contribution in [1.29, 1.82) is 0 Å². The third-order valence-corrected chi connectivity index (χ3v) is 2.51. The molecule has 3 heteroatoms. The second kappa shape index (κ2) is 6.11. The molecule has 1 N–H and O–H groups in total. The lowest BCUT2D eigenvalue weighted by atomic mass is 10.2. The number of furan rings is 1. The molecule has 0 saturated carbocycles. The van der Waals surface area contributed by atoms with Gasteiger partial charge in [0.1, 0.15) is 18.1 Å². The fraction of sp³-hybridized carbons (Fsp3) is 0.286. The third-order valence-electron chi connectivity index (χ3n) is 2.51. The van der Waals surface area contributed by atoms with Gasteiger partial charge in [0, 0.05) is 5.56 Å². The van der Waals surface area contributed by atoms with Crippen molar-refractivity contribution < 1.29 is 9.15 Å². The van der Waals surface area contributed by atoms with Gasteiger partial charge in [-0.2, -0.15) is 0 Å². The van der Waals surface area contributed by atoms with Gasteiger partial charge in [0.15, 0.2) is 0 Å². The van der Waals surface area contributed by atoms with Crippen molar-refractivity contribution in [3.63, 3.8) is 0 Å². The third kappa shape index (κ3) is 3.36. The van der Waals surface area contributed by atoms with Crippen molar-refractivity contribution in [2.45, 2.75) is 20.1 Å². The molecule has 2 rings (SSSR count). The molecule has 2 aromatic rings. The summed E-state index contributed by atoms with van der Waals surface area (Å²) >= 11 is 0. The van der Waals surface area contributed by atoms with Crippen LogP contribution in [0.3, 0.4) is 0 Å². The Bertz CT molecular complexity index is 436. The Morgan fingerprint density at radius 1 is 1.18 bits per heavy atom. The van der Waals surface area contributed by atoms with Crippen molar-refractivity contribution >= 4 is 0 Å². The van der Waals surface area contributed by atoms with Crippen LogP contribution in [0.5, 0.6) is 5.75 Å². The van der Waals surface area contributed by atoms with Gasteiger partial charge in [-0.15, -0.1) is 0 Å². The number of hydrogen-bond donors (Lipinski definition) is 1. The smallest absolute Gasteiger partial charge is 0.124 e. The summed E-state index contributed by atoms with van der Waals surface area (Å²) in [4.78, 5) is 0. The molecular formula is C14H17NO2. The monoisotopic (exact) mass is 231 g/mol. The standard InChI is InChI=1S/C14H17NO2/c1-2-15-10-14-12(8-9-16-14)11-17-13-6-4-3-5-7-13/h3-9,15H,2,10-11H2,1H3. The number of ether oxygens (including phenoxy) is 1. The van der Waals surface area contributed by atoms with E-state index in [0.29, 0.717) is 6.61 Å². The van der Waals surface area contributed by atoms with Crippen LogP contribution in [0.4, 0.5) is 0 Å². The van der Waals surface area contributed by atoms with Gasteiger partial charge >= 0.3 is 0 Å². The highest BCUT2D eigenvalue weighted by molar-refractivity contribution is 5.22. The number of benzene rings is 1. The summed E-state index contributed by atoms with van der Waals surface area (Å²) in [6.07, 6.45) is 1.70. The summed E-state index contributed by atoms with van der Waals surface area (Å²) in [5, 5.41) is 3.24. The Kier molecular flexibility index (Phi) is 4.22. The van der Waals surface area contributed by atoms with Gasteiger partial charge in [-0.3, -0.25) is 0 Å². The maximum absolute atomic E-state index is 5.68. The number of para-hydroxylation sites is 1. The van der Waals surface area contributed by atoms with Crippen LogP contribution in [0.15, 0.2) is 47.1 Å². The van der Waals surface area contributed by atoms with Gasteiger partial charge in [-0.1, -0.05) is 25.1 Å². The quantitative estimate of drug-likeness (QED) is 0.830. The minimum atomic E-state index is 0.543. The van der Waals surface area contributed by atoms with Crippen molar-refractivity contribution in [1.82, 2.24) is 5.32 Å². The van der Waals surface area contributed by atoms with E-state index < -0.39 is 0 Å². The SMILES string of the molecule is CCNCc1occc1COc1ccccc1. The van der Waals surface area contributed by atoms with E-state index in [0.717, 1.165) is 30.2 Å². The lowest BCUT2D eigenvalue weighted by molar-refractivity contribution is 0.301. The zero-order valence-electron chi connectivity index (χ0n) is 9.98. The summed E-state index contributed by atoms with van der Waals surface area (Å²) in [5.74, 6) is 1.82. The van der Waals surface area contributed by atoms with E-state index >= 15 is 0 Å². The molecule has 0 bridgehead atoms. The van der Waals surface area contributed by atoms with E-state index in [1.54, 1.807) is 6.26 Å². The summed E-state index contributed by atoms with van der Waals surface area (Å²) < 4.78 is 11.1. The van der Waals surface area contributed by atoms with E-state index in [2.05, 4.69) is 12.2 Å². The molecule has 0 aliphatic carbocycles. The highest BCUT2D eigenvalue weighted by atomic mass is 16.5. The van der Waals surface area contributed by atoms with Gasteiger partial charge in [0.2, 0.25) is 0 Å². The molecule has 0 atom stereocenters. The molecule has 90 valence electrons. The molecule has 1 aromatic carbocycles. The van der Waals surface area contributed by atoms with Crippen LogP contribution in [0.25, 0.3) is 0 Å². The van der Waals surface area contributed by atoms with Gasteiger partial charge in [0.05, 0.1) is 12.8 Å². The van der Waals surface area contributed by atoms with Crippen LogP contribution >= 0.6 is 0 Å². The second-order valence-corrected chi connectivity index (χ2v) is 3.75. The second-order valence-electron chi connectivity index (χ2n) is 3.75. The van der Waals surface area contributed by atoms with Crippen molar-refractivity contribution in [2.24, 2.45) is 0 Å². The fourth-order valence-corrected chi connectivity index (χ4v) is 1.57. The van der Waals surface area contributed by atoms with E-state index in [4.69, 9.17) is 9.15 Å². The maximum atomic E-state index is 5.68. The molecule has 0 unspecified atom stereocenters. The molecule has 17 heavy (non-hydrogen) atoms. The molecular weight excluding hydrogens is 214 g/mol. The Balaban J connectivity index is 1.92. The van der Waals surface area contributed by atoms with Crippen molar-refractivity contribution in [3.05, 3.63) is 54.0 Å². The molecule has 3 nitrogen and oxygen atoms in total. The highest BCUT2D eigenvalue weighted by Gasteiger charge is 2.06. The predicted octanol–water partition coefficient (Wildman–Crippen LogP) is 2.97. The normalized spacial score (nSPS) is 10.4. The van der Waals surface area contributed by atoms with Gasteiger partial charge in [-0.25, -0.2) is 0 Å². The molecule has 0 fully saturated rings. The molecule has 0 aliphatic heterocycles. The minimum Gasteiger partial charge on any atom is -0.489 e.